The number of aryl methyl sites for hydroxylation is 1. The SMILES string of the molecule is COc1ccc2c(O[C@@H]3C[C@H]4C(=O)C[C@]5(C(=O)NS(=O)(=O)C6(C)CC6)C[C@H]5/C=C\CCCCC[C@H](N)C(=O)N4C3)cc(C(C)C)nc2c1C. The molecule has 2 saturated carbocycles. The third kappa shape index (κ3) is 6.82. The standard InChI is InChI=1S/C37H50N4O7S/c1-22(2)28-18-32(26-13-14-31(47-5)23(3)33(26)39-28)48-25-17-29-30(42)20-37(35(44)40-49(45,46)36(4)15-16-36)19-24(37)11-9-7-6-8-10-12-27(38)34(43)41(29)21-25/h9,11,13-14,18,22,24-25,27,29H,6-8,10,12,15-17,19-21,38H2,1-5H3,(H,40,44)/b11-9-/t24-,25-,27+,29+,37-/m1/s1. The molecule has 5 atom stereocenters. The van der Waals surface area contributed by atoms with E-state index in [2.05, 4.69) is 18.6 Å². The van der Waals surface area contributed by atoms with Gasteiger partial charge in [-0.05, 0) is 76.3 Å². The molecule has 0 unspecified atom stereocenters. The fourth-order valence-electron chi connectivity index (χ4n) is 7.37. The molecule has 0 radical (unpaired) electrons. The predicted molar refractivity (Wildman–Crippen MR) is 187 cm³/mol. The number of pyridine rings is 1. The Kier molecular flexibility index (Phi) is 9.60. The normalized spacial score (nSPS) is 29.4. The van der Waals surface area contributed by atoms with Crippen LogP contribution >= 0.6 is 0 Å². The molecule has 1 saturated heterocycles. The minimum Gasteiger partial charge on any atom is -0.496 e. The van der Waals surface area contributed by atoms with E-state index in [4.69, 9.17) is 20.2 Å². The highest BCUT2D eigenvalue weighted by atomic mass is 32.2. The number of nitrogens with one attached hydrogen (secondary N) is 1. The summed E-state index contributed by atoms with van der Waals surface area (Å²) in [5.41, 5.74) is 7.75. The largest absolute Gasteiger partial charge is 0.496 e. The summed E-state index contributed by atoms with van der Waals surface area (Å²) in [6.07, 6.45) is 8.75. The van der Waals surface area contributed by atoms with Crippen molar-refractivity contribution in [2.75, 3.05) is 13.7 Å². The molecule has 3 heterocycles. The maximum Gasteiger partial charge on any atom is 0.240 e. The van der Waals surface area contributed by atoms with E-state index in [1.165, 1.54) is 0 Å². The molecule has 3 N–H and O–H groups in total. The summed E-state index contributed by atoms with van der Waals surface area (Å²) in [5.74, 6) is -0.0499. The number of rotatable bonds is 7. The van der Waals surface area contributed by atoms with Gasteiger partial charge in [-0.1, -0.05) is 38.8 Å². The zero-order valence-corrected chi connectivity index (χ0v) is 30.1. The van der Waals surface area contributed by atoms with E-state index in [-0.39, 0.29) is 42.9 Å². The first-order valence-corrected chi connectivity index (χ1v) is 19.1. The number of hydrogen-bond acceptors (Lipinski definition) is 9. The number of methoxy groups -OCH3 is 1. The van der Waals surface area contributed by atoms with Gasteiger partial charge in [0, 0.05) is 35.6 Å². The Morgan fingerprint density at radius 1 is 1.14 bits per heavy atom. The average molecular weight is 695 g/mol. The molecular weight excluding hydrogens is 644 g/mol. The predicted octanol–water partition coefficient (Wildman–Crippen LogP) is 4.84. The Bertz CT molecular complexity index is 1790. The van der Waals surface area contributed by atoms with E-state index in [9.17, 15) is 22.8 Å². The van der Waals surface area contributed by atoms with Crippen LogP contribution in [0.15, 0.2) is 30.4 Å². The molecule has 2 amide bonds. The number of allylic oxidation sites excluding steroid dienone is 2. The van der Waals surface area contributed by atoms with E-state index in [0.29, 0.717) is 37.2 Å². The quantitative estimate of drug-likeness (QED) is 0.387. The van der Waals surface area contributed by atoms with Crippen molar-refractivity contribution in [3.63, 3.8) is 0 Å². The van der Waals surface area contributed by atoms with Gasteiger partial charge in [-0.15, -0.1) is 0 Å². The highest BCUT2D eigenvalue weighted by Crippen LogP contribution is 2.57. The van der Waals surface area contributed by atoms with Gasteiger partial charge in [0.2, 0.25) is 21.8 Å². The van der Waals surface area contributed by atoms with Gasteiger partial charge in [-0.3, -0.25) is 24.1 Å². The summed E-state index contributed by atoms with van der Waals surface area (Å²) in [6, 6.07) is 4.08. The molecule has 266 valence electrons. The smallest absolute Gasteiger partial charge is 0.240 e. The molecule has 49 heavy (non-hydrogen) atoms. The Morgan fingerprint density at radius 2 is 1.90 bits per heavy atom. The van der Waals surface area contributed by atoms with Crippen molar-refractivity contribution in [1.29, 1.82) is 0 Å². The third-order valence-corrected chi connectivity index (χ3v) is 13.3. The molecule has 0 spiro atoms. The Labute approximate surface area is 289 Å². The molecule has 1 aromatic heterocycles. The summed E-state index contributed by atoms with van der Waals surface area (Å²) in [4.78, 5) is 48.4. The zero-order chi connectivity index (χ0) is 35.3. The fraction of sp³-hybridized carbons (Fsp3) is 0.622. The van der Waals surface area contributed by atoms with Gasteiger partial charge in [0.25, 0.3) is 0 Å². The number of fused-ring (bicyclic) bond motifs is 3. The van der Waals surface area contributed by atoms with E-state index in [1.54, 1.807) is 18.9 Å². The number of nitrogens with zero attached hydrogens (tertiary/aromatic N) is 2. The molecular formula is C37H50N4O7S. The molecule has 2 aliphatic heterocycles. The van der Waals surface area contributed by atoms with Gasteiger partial charge in [0.1, 0.15) is 17.6 Å². The topological polar surface area (TPSA) is 158 Å². The number of aromatic nitrogens is 1. The first kappa shape index (κ1) is 35.3. The van der Waals surface area contributed by atoms with Crippen LogP contribution < -0.4 is 19.9 Å². The van der Waals surface area contributed by atoms with Crippen LogP contribution in [0.4, 0.5) is 0 Å². The molecule has 6 rings (SSSR count). The minimum absolute atomic E-state index is 0.118. The third-order valence-electron chi connectivity index (χ3n) is 11.2. The number of nitrogens with two attached hydrogens (primary N) is 1. The minimum atomic E-state index is -3.89. The van der Waals surface area contributed by atoms with Gasteiger partial charge >= 0.3 is 0 Å². The molecule has 3 fully saturated rings. The van der Waals surface area contributed by atoms with Crippen molar-refractivity contribution in [1.82, 2.24) is 14.6 Å². The first-order chi connectivity index (χ1) is 23.2. The second-order valence-corrected chi connectivity index (χ2v) is 17.3. The molecule has 0 bridgehead atoms. The van der Waals surface area contributed by atoms with Crippen molar-refractivity contribution < 1.29 is 32.3 Å². The number of ketones is 1. The number of sulfonamides is 1. The molecule has 4 aliphatic rings. The van der Waals surface area contributed by atoms with Crippen LogP contribution in [0.5, 0.6) is 11.5 Å². The van der Waals surface area contributed by atoms with Crippen LogP contribution in [-0.2, 0) is 24.4 Å². The van der Waals surface area contributed by atoms with E-state index < -0.39 is 44.3 Å². The number of hydrogen-bond donors (Lipinski definition) is 2. The number of carbonyl (C=O) groups excluding carboxylic acids is 3. The van der Waals surface area contributed by atoms with Crippen LogP contribution in [0.25, 0.3) is 10.9 Å². The van der Waals surface area contributed by atoms with Crippen LogP contribution in [0.2, 0.25) is 0 Å². The summed E-state index contributed by atoms with van der Waals surface area (Å²) < 4.78 is 39.7. The van der Waals surface area contributed by atoms with Crippen molar-refractivity contribution in [2.45, 2.75) is 121 Å². The Morgan fingerprint density at radius 3 is 2.59 bits per heavy atom. The number of amides is 2. The van der Waals surface area contributed by atoms with Crippen LogP contribution in [0, 0.1) is 18.3 Å². The number of ether oxygens (including phenoxy) is 2. The highest BCUT2D eigenvalue weighted by Gasteiger charge is 2.62. The first-order valence-electron chi connectivity index (χ1n) is 17.7. The lowest BCUT2D eigenvalue weighted by Crippen LogP contribution is -2.50. The second-order valence-electron chi connectivity index (χ2n) is 15.1. The monoisotopic (exact) mass is 694 g/mol. The van der Waals surface area contributed by atoms with Gasteiger partial charge in [0.05, 0.1) is 41.4 Å². The van der Waals surface area contributed by atoms with Gasteiger partial charge in [-0.2, -0.15) is 0 Å². The summed E-state index contributed by atoms with van der Waals surface area (Å²) in [7, 11) is -2.27. The summed E-state index contributed by atoms with van der Waals surface area (Å²) in [5, 5.41) is 0.801. The zero-order valence-electron chi connectivity index (χ0n) is 29.3. The van der Waals surface area contributed by atoms with E-state index in [0.717, 1.165) is 47.8 Å². The molecule has 2 aliphatic carbocycles. The number of Topliss-reactive ketones (excluding diaryl/α,β-unsaturated/α-hetero) is 1. The fourth-order valence-corrected chi connectivity index (χ4v) is 8.71. The Hall–Kier alpha value is -3.51. The highest BCUT2D eigenvalue weighted by molar-refractivity contribution is 7.91. The maximum atomic E-state index is 14.3. The van der Waals surface area contributed by atoms with Crippen molar-refractivity contribution >= 4 is 38.5 Å². The maximum absolute atomic E-state index is 14.3. The lowest BCUT2D eigenvalue weighted by Gasteiger charge is -2.27. The van der Waals surface area contributed by atoms with Gasteiger partial charge in [-0.25, -0.2) is 8.42 Å². The van der Waals surface area contributed by atoms with Gasteiger partial charge < -0.3 is 20.1 Å². The Balaban J connectivity index is 1.31. The lowest BCUT2D eigenvalue weighted by molar-refractivity contribution is -0.140. The number of carbonyl (C=O) groups is 3. The average Bonchev–Trinajstić information content (AvgIpc) is 3.94. The number of benzene rings is 1. The summed E-state index contributed by atoms with van der Waals surface area (Å²) >= 11 is 0. The lowest BCUT2D eigenvalue weighted by atomic mass is 9.91. The van der Waals surface area contributed by atoms with Crippen molar-refractivity contribution in [3.05, 3.63) is 41.6 Å². The molecule has 2 aromatic rings. The van der Waals surface area contributed by atoms with Crippen LogP contribution in [-0.4, -0.2) is 72.5 Å². The molecule has 12 heteroatoms. The van der Waals surface area contributed by atoms with Gasteiger partial charge in [0.15, 0.2) is 5.78 Å². The van der Waals surface area contributed by atoms with E-state index >= 15 is 0 Å². The molecule has 11 nitrogen and oxygen atoms in total. The molecule has 1 aromatic carbocycles. The van der Waals surface area contributed by atoms with Crippen LogP contribution in [0.3, 0.4) is 0 Å². The van der Waals surface area contributed by atoms with E-state index in [1.807, 2.05) is 37.3 Å². The van der Waals surface area contributed by atoms with Crippen molar-refractivity contribution in [3.8, 4) is 11.5 Å². The van der Waals surface area contributed by atoms with Crippen molar-refractivity contribution in [2.24, 2.45) is 17.1 Å². The summed E-state index contributed by atoms with van der Waals surface area (Å²) in [6.45, 7) is 7.86. The van der Waals surface area contributed by atoms with Crippen LogP contribution in [0.1, 0.15) is 102 Å². The second kappa shape index (κ2) is 13.3.